The van der Waals surface area contributed by atoms with Gasteiger partial charge in [0.25, 0.3) is 0 Å². The van der Waals surface area contributed by atoms with Crippen LogP contribution < -0.4 is 10.2 Å². The predicted molar refractivity (Wildman–Crippen MR) is 69.6 cm³/mol. The lowest BCUT2D eigenvalue weighted by Crippen LogP contribution is -2.33. The minimum absolute atomic E-state index is 0. The zero-order chi connectivity index (χ0) is 10.7. The second-order valence-corrected chi connectivity index (χ2v) is 4.05. The highest BCUT2D eigenvalue weighted by Gasteiger charge is 2.15. The molecule has 1 fully saturated rings. The molecule has 0 spiro atoms. The fraction of sp³-hybridized carbons (Fsp3) is 0.500. The maximum atomic E-state index is 5.69. The van der Waals surface area contributed by atoms with Gasteiger partial charge in [-0.3, -0.25) is 0 Å². The molecular weight excluding hydrogens is 224 g/mol. The topological polar surface area (TPSA) is 24.5 Å². The zero-order valence-corrected chi connectivity index (χ0v) is 10.6. The Morgan fingerprint density at radius 3 is 2.44 bits per heavy atom. The minimum Gasteiger partial charge on any atom is -0.378 e. The molecule has 3 nitrogen and oxygen atoms in total. The van der Waals surface area contributed by atoms with Crippen molar-refractivity contribution in [3.05, 3.63) is 29.8 Å². The molecule has 1 atom stereocenters. The molecular formula is C12H19ClN2O. The maximum Gasteiger partial charge on any atom is 0.0949 e. The number of hydrogen-bond donors (Lipinski definition) is 1. The van der Waals surface area contributed by atoms with E-state index in [9.17, 15) is 0 Å². The van der Waals surface area contributed by atoms with Gasteiger partial charge in [-0.25, -0.2) is 0 Å². The summed E-state index contributed by atoms with van der Waals surface area (Å²) in [5.74, 6) is 0. The van der Waals surface area contributed by atoms with Crippen LogP contribution in [0.2, 0.25) is 0 Å². The van der Waals surface area contributed by atoms with Gasteiger partial charge < -0.3 is 15.0 Å². The van der Waals surface area contributed by atoms with E-state index in [2.05, 4.69) is 34.5 Å². The molecule has 0 aromatic heterocycles. The molecule has 0 amide bonds. The van der Waals surface area contributed by atoms with Crippen LogP contribution in [0.1, 0.15) is 11.7 Å². The largest absolute Gasteiger partial charge is 0.378 e. The molecule has 0 bridgehead atoms. The van der Waals surface area contributed by atoms with E-state index in [-0.39, 0.29) is 18.5 Å². The summed E-state index contributed by atoms with van der Waals surface area (Å²) in [4.78, 5) is 2.10. The maximum absolute atomic E-state index is 5.69. The Kier molecular flexibility index (Phi) is 5.06. The summed E-state index contributed by atoms with van der Waals surface area (Å²) < 4.78 is 5.69. The van der Waals surface area contributed by atoms with Crippen molar-refractivity contribution in [2.24, 2.45) is 0 Å². The van der Waals surface area contributed by atoms with Crippen LogP contribution in [-0.4, -0.2) is 33.8 Å². The monoisotopic (exact) mass is 242 g/mol. The van der Waals surface area contributed by atoms with E-state index in [1.165, 1.54) is 11.3 Å². The number of morpholine rings is 1. The molecule has 90 valence electrons. The first-order chi connectivity index (χ1) is 7.27. The first kappa shape index (κ1) is 13.3. The van der Waals surface area contributed by atoms with Crippen LogP contribution in [0, 0.1) is 0 Å². The van der Waals surface area contributed by atoms with E-state index >= 15 is 0 Å². The number of hydrogen-bond acceptors (Lipinski definition) is 3. The molecule has 1 aliphatic rings. The molecule has 1 aromatic rings. The van der Waals surface area contributed by atoms with Gasteiger partial charge in [-0.1, -0.05) is 12.1 Å². The average Bonchev–Trinajstić information content (AvgIpc) is 2.30. The Labute approximate surface area is 103 Å². The molecule has 16 heavy (non-hydrogen) atoms. The molecule has 1 saturated heterocycles. The van der Waals surface area contributed by atoms with E-state index in [1.807, 2.05) is 14.1 Å². The fourth-order valence-corrected chi connectivity index (χ4v) is 1.77. The summed E-state index contributed by atoms with van der Waals surface area (Å²) in [5.41, 5.74) is 2.48. The van der Waals surface area contributed by atoms with Crippen LogP contribution in [0.15, 0.2) is 24.3 Å². The molecule has 0 aliphatic carbocycles. The molecule has 4 heteroatoms. The Bertz CT molecular complexity index is 307. The van der Waals surface area contributed by atoms with E-state index in [4.69, 9.17) is 4.74 Å². The van der Waals surface area contributed by atoms with E-state index in [0.29, 0.717) is 0 Å². The van der Waals surface area contributed by atoms with Crippen molar-refractivity contribution in [3.63, 3.8) is 0 Å². The van der Waals surface area contributed by atoms with Crippen LogP contribution in [0.3, 0.4) is 0 Å². The number of ether oxygens (including phenoxy) is 1. The molecule has 1 N–H and O–H groups in total. The third-order valence-electron chi connectivity index (χ3n) is 2.71. The number of anilines is 1. The van der Waals surface area contributed by atoms with E-state index < -0.39 is 0 Å². The second kappa shape index (κ2) is 6.09. The molecule has 0 radical (unpaired) electrons. The lowest BCUT2D eigenvalue weighted by Gasteiger charge is -2.24. The fourth-order valence-electron chi connectivity index (χ4n) is 1.77. The van der Waals surface area contributed by atoms with Crippen LogP contribution in [-0.2, 0) is 4.74 Å². The Hall–Kier alpha value is -0.770. The normalized spacial score (nSPS) is 20.0. The van der Waals surface area contributed by atoms with Crippen LogP contribution in [0.5, 0.6) is 0 Å². The van der Waals surface area contributed by atoms with Crippen molar-refractivity contribution in [3.8, 4) is 0 Å². The minimum atomic E-state index is 0. The summed E-state index contributed by atoms with van der Waals surface area (Å²) in [6.45, 7) is 2.69. The molecule has 2 rings (SSSR count). The summed E-state index contributed by atoms with van der Waals surface area (Å²) in [6, 6.07) is 8.56. The third kappa shape index (κ3) is 3.11. The quantitative estimate of drug-likeness (QED) is 0.857. The first-order valence-corrected chi connectivity index (χ1v) is 5.37. The third-order valence-corrected chi connectivity index (χ3v) is 2.71. The average molecular weight is 243 g/mol. The van der Waals surface area contributed by atoms with E-state index in [0.717, 1.165) is 19.7 Å². The van der Waals surface area contributed by atoms with Crippen molar-refractivity contribution in [2.75, 3.05) is 38.7 Å². The van der Waals surface area contributed by atoms with Crippen LogP contribution in [0.25, 0.3) is 0 Å². The van der Waals surface area contributed by atoms with Crippen molar-refractivity contribution in [1.29, 1.82) is 0 Å². The summed E-state index contributed by atoms with van der Waals surface area (Å²) in [5, 5.41) is 3.34. The van der Waals surface area contributed by atoms with Crippen molar-refractivity contribution in [2.45, 2.75) is 6.10 Å². The van der Waals surface area contributed by atoms with Crippen LogP contribution in [0.4, 0.5) is 5.69 Å². The number of halogens is 1. The number of rotatable bonds is 2. The molecule has 1 aromatic carbocycles. The van der Waals surface area contributed by atoms with Crippen molar-refractivity contribution in [1.82, 2.24) is 5.32 Å². The van der Waals surface area contributed by atoms with Gasteiger partial charge in [0.15, 0.2) is 0 Å². The molecule has 1 heterocycles. The van der Waals surface area contributed by atoms with Crippen molar-refractivity contribution >= 4 is 18.1 Å². The smallest absolute Gasteiger partial charge is 0.0949 e. The lowest BCUT2D eigenvalue weighted by molar-refractivity contribution is 0.0277. The van der Waals surface area contributed by atoms with Gasteiger partial charge in [-0.2, -0.15) is 0 Å². The second-order valence-electron chi connectivity index (χ2n) is 4.05. The Balaban J connectivity index is 0.00000128. The summed E-state index contributed by atoms with van der Waals surface area (Å²) >= 11 is 0. The molecule has 0 saturated carbocycles. The number of nitrogens with zero attached hydrogens (tertiary/aromatic N) is 1. The SMILES string of the molecule is CN(C)c1ccc([C@H]2CNCCO2)cc1.Cl. The van der Waals surface area contributed by atoms with Gasteiger partial charge in [0.05, 0.1) is 12.7 Å². The first-order valence-electron chi connectivity index (χ1n) is 5.37. The van der Waals surface area contributed by atoms with Gasteiger partial charge in [0, 0.05) is 32.9 Å². The summed E-state index contributed by atoms with van der Waals surface area (Å²) in [7, 11) is 4.10. The highest BCUT2D eigenvalue weighted by Crippen LogP contribution is 2.21. The predicted octanol–water partition coefficient (Wildman–Crippen LogP) is 1.84. The number of nitrogens with one attached hydrogen (secondary N) is 1. The highest BCUT2D eigenvalue weighted by atomic mass is 35.5. The molecule has 0 unspecified atom stereocenters. The van der Waals surface area contributed by atoms with Gasteiger partial charge >= 0.3 is 0 Å². The van der Waals surface area contributed by atoms with Gasteiger partial charge in [0.2, 0.25) is 0 Å². The van der Waals surface area contributed by atoms with Gasteiger partial charge in [-0.15, -0.1) is 12.4 Å². The van der Waals surface area contributed by atoms with E-state index in [1.54, 1.807) is 0 Å². The van der Waals surface area contributed by atoms with Gasteiger partial charge in [0.1, 0.15) is 0 Å². The highest BCUT2D eigenvalue weighted by molar-refractivity contribution is 5.85. The molecule has 1 aliphatic heterocycles. The standard InChI is InChI=1S/C12H18N2O.ClH/c1-14(2)11-5-3-10(4-6-11)12-9-13-7-8-15-12;/h3-6,12-13H,7-9H2,1-2H3;1H/t12-;/m1./s1. The van der Waals surface area contributed by atoms with Gasteiger partial charge in [-0.05, 0) is 17.7 Å². The Morgan fingerprint density at radius 2 is 1.94 bits per heavy atom. The summed E-state index contributed by atoms with van der Waals surface area (Å²) in [6.07, 6.45) is 0.218. The number of benzene rings is 1. The zero-order valence-electron chi connectivity index (χ0n) is 9.77. The van der Waals surface area contributed by atoms with Crippen LogP contribution >= 0.6 is 12.4 Å². The Morgan fingerprint density at radius 1 is 1.25 bits per heavy atom. The van der Waals surface area contributed by atoms with Crippen molar-refractivity contribution < 1.29 is 4.74 Å². The lowest BCUT2D eigenvalue weighted by atomic mass is 10.1.